The summed E-state index contributed by atoms with van der Waals surface area (Å²) < 4.78 is 32.0. The summed E-state index contributed by atoms with van der Waals surface area (Å²) >= 11 is 9.31. The van der Waals surface area contributed by atoms with Crippen LogP contribution in [0.25, 0.3) is 0 Å². The van der Waals surface area contributed by atoms with Gasteiger partial charge in [0.2, 0.25) is 10.0 Å². The minimum Gasteiger partial charge on any atom is -0.444 e. The molecule has 0 unspecified atom stereocenters. The third-order valence-electron chi connectivity index (χ3n) is 3.92. The third-order valence-corrected chi connectivity index (χ3v) is 5.77. The Morgan fingerprint density at radius 1 is 1.35 bits per heavy atom. The topological polar surface area (TPSA) is 79.8 Å². The van der Waals surface area contributed by atoms with Crippen LogP contribution in [0.3, 0.4) is 0 Å². The summed E-state index contributed by atoms with van der Waals surface area (Å²) in [7, 11) is -3.49. The molecule has 1 aliphatic heterocycles. The lowest BCUT2D eigenvalue weighted by atomic mass is 10.0. The number of pyridine rings is 1. The highest BCUT2D eigenvalue weighted by Crippen LogP contribution is 2.33. The molecule has 0 spiro atoms. The molecule has 7 nitrogen and oxygen atoms in total. The summed E-state index contributed by atoms with van der Waals surface area (Å²) in [5.41, 5.74) is 0.0197. The van der Waals surface area contributed by atoms with E-state index in [2.05, 4.69) is 20.9 Å². The number of rotatable bonds is 2. The van der Waals surface area contributed by atoms with Gasteiger partial charge in [0.1, 0.15) is 15.4 Å². The van der Waals surface area contributed by atoms with Gasteiger partial charge in [0.25, 0.3) is 0 Å². The van der Waals surface area contributed by atoms with Gasteiger partial charge in [0, 0.05) is 19.1 Å². The quantitative estimate of drug-likeness (QED) is 0.621. The van der Waals surface area contributed by atoms with Gasteiger partial charge < -0.3 is 9.64 Å². The van der Waals surface area contributed by atoms with Crippen LogP contribution in [0.4, 0.5) is 4.79 Å². The normalized spacial score (nSPS) is 22.3. The van der Waals surface area contributed by atoms with Crippen LogP contribution in [0.5, 0.6) is 0 Å². The van der Waals surface area contributed by atoms with Gasteiger partial charge in [-0.25, -0.2) is 18.2 Å². The lowest BCUT2D eigenvalue weighted by Crippen LogP contribution is -2.57. The average Bonchev–Trinajstić information content (AvgIpc) is 2.42. The molecule has 26 heavy (non-hydrogen) atoms. The van der Waals surface area contributed by atoms with E-state index in [4.69, 9.17) is 16.3 Å². The van der Waals surface area contributed by atoms with Gasteiger partial charge in [-0.15, -0.1) is 0 Å². The summed E-state index contributed by atoms with van der Waals surface area (Å²) in [5, 5.41) is 0.241. The van der Waals surface area contributed by atoms with Crippen LogP contribution in [0.1, 0.15) is 39.3 Å². The highest BCUT2D eigenvalue weighted by Gasteiger charge is 2.40. The van der Waals surface area contributed by atoms with Crippen molar-refractivity contribution in [1.29, 1.82) is 0 Å². The van der Waals surface area contributed by atoms with Crippen LogP contribution in [-0.2, 0) is 14.8 Å². The maximum Gasteiger partial charge on any atom is 0.410 e. The van der Waals surface area contributed by atoms with E-state index in [9.17, 15) is 13.2 Å². The third kappa shape index (κ3) is 5.31. The Morgan fingerprint density at radius 2 is 1.96 bits per heavy atom. The molecule has 1 aliphatic rings. The van der Waals surface area contributed by atoms with Gasteiger partial charge in [0.15, 0.2) is 0 Å². The first-order valence-corrected chi connectivity index (χ1v) is 11.1. The zero-order valence-corrected chi connectivity index (χ0v) is 18.5. The van der Waals surface area contributed by atoms with Crippen LogP contribution >= 0.6 is 27.5 Å². The largest absolute Gasteiger partial charge is 0.444 e. The highest BCUT2D eigenvalue weighted by molar-refractivity contribution is 9.10. The van der Waals surface area contributed by atoms with Crippen LogP contribution < -0.4 is 0 Å². The highest BCUT2D eigenvalue weighted by atomic mass is 79.9. The second kappa shape index (κ2) is 7.61. The van der Waals surface area contributed by atoms with E-state index >= 15 is 0 Å². The molecule has 10 heteroatoms. The molecule has 2 atom stereocenters. The van der Waals surface area contributed by atoms with Crippen molar-refractivity contribution >= 4 is 43.6 Å². The van der Waals surface area contributed by atoms with E-state index in [-0.39, 0.29) is 24.3 Å². The zero-order valence-electron chi connectivity index (χ0n) is 15.4. The molecule has 0 N–H and O–H groups in total. The summed E-state index contributed by atoms with van der Waals surface area (Å²) in [5.74, 6) is 0. The van der Waals surface area contributed by atoms with Crippen molar-refractivity contribution < 1.29 is 17.9 Å². The fourth-order valence-electron chi connectivity index (χ4n) is 2.83. The molecule has 1 aromatic rings. The number of piperazine rings is 1. The zero-order chi connectivity index (χ0) is 19.9. The van der Waals surface area contributed by atoms with Crippen molar-refractivity contribution in [2.75, 3.05) is 19.3 Å². The van der Waals surface area contributed by atoms with E-state index in [1.807, 2.05) is 0 Å². The Morgan fingerprint density at radius 3 is 2.46 bits per heavy atom. The number of hydrogen-bond donors (Lipinski definition) is 0. The summed E-state index contributed by atoms with van der Waals surface area (Å²) in [6, 6.07) is 2.42. The molecule has 1 saturated heterocycles. The number of carbonyl (C=O) groups excluding carboxylic acids is 1. The van der Waals surface area contributed by atoms with Crippen LogP contribution in [-0.4, -0.2) is 59.7 Å². The summed E-state index contributed by atoms with van der Waals surface area (Å²) in [4.78, 5) is 18.2. The molecule has 1 amide bonds. The first-order chi connectivity index (χ1) is 11.8. The summed E-state index contributed by atoms with van der Waals surface area (Å²) in [6.45, 7) is 7.50. The standard InChI is InChI=1S/C16H23BrClN3O4S/c1-10-8-21(26(5,23)24)12(11-6-13(17)19-14(18)7-11)9-20(10)15(22)25-16(2,3)4/h6-7,10,12H,8-9H2,1-5H3/t10-,12-/m0/s1. The van der Waals surface area contributed by atoms with E-state index in [1.165, 1.54) is 4.31 Å². The van der Waals surface area contributed by atoms with E-state index in [0.717, 1.165) is 6.26 Å². The molecule has 1 fully saturated rings. The Labute approximate surface area is 167 Å². The molecule has 1 aromatic heterocycles. The van der Waals surface area contributed by atoms with Crippen LogP contribution in [0.15, 0.2) is 16.7 Å². The van der Waals surface area contributed by atoms with Crippen molar-refractivity contribution in [2.24, 2.45) is 0 Å². The number of amides is 1. The molecule has 0 aliphatic carbocycles. The number of hydrogen-bond acceptors (Lipinski definition) is 5. The lowest BCUT2D eigenvalue weighted by molar-refractivity contribution is 0.000270. The predicted molar refractivity (Wildman–Crippen MR) is 104 cm³/mol. The first kappa shape index (κ1) is 21.4. The Bertz CT molecular complexity index is 777. The number of nitrogens with zero attached hydrogens (tertiary/aromatic N) is 3. The number of sulfonamides is 1. The van der Waals surface area contributed by atoms with Gasteiger partial charge in [-0.1, -0.05) is 11.6 Å². The molecule has 0 saturated carbocycles. The molecule has 0 aromatic carbocycles. The molecule has 2 rings (SSSR count). The Balaban J connectivity index is 2.41. The summed E-state index contributed by atoms with van der Waals surface area (Å²) in [6.07, 6.45) is 0.690. The van der Waals surface area contributed by atoms with Crippen molar-refractivity contribution in [1.82, 2.24) is 14.2 Å². The second-order valence-corrected chi connectivity index (χ2v) is 10.5. The Hall–Kier alpha value is -0.900. The van der Waals surface area contributed by atoms with Gasteiger partial charge in [-0.2, -0.15) is 4.31 Å². The monoisotopic (exact) mass is 467 g/mol. The number of halogens is 2. The van der Waals surface area contributed by atoms with Crippen LogP contribution in [0, 0.1) is 0 Å². The molecular formula is C16H23BrClN3O4S. The Kier molecular flexibility index (Phi) is 6.27. The van der Waals surface area contributed by atoms with Gasteiger partial charge in [-0.05, 0) is 61.3 Å². The fraction of sp³-hybridized carbons (Fsp3) is 0.625. The van der Waals surface area contributed by atoms with Crippen molar-refractivity contribution in [3.8, 4) is 0 Å². The lowest BCUT2D eigenvalue weighted by Gasteiger charge is -2.44. The predicted octanol–water partition coefficient (Wildman–Crippen LogP) is 3.44. The molecule has 0 radical (unpaired) electrons. The van der Waals surface area contributed by atoms with Gasteiger partial charge in [0.05, 0.1) is 12.3 Å². The molecular weight excluding hydrogens is 446 g/mol. The second-order valence-electron chi connectivity index (χ2n) is 7.38. The minimum absolute atomic E-state index is 0.163. The number of ether oxygens (including phenoxy) is 1. The fourth-order valence-corrected chi connectivity index (χ4v) is 4.74. The number of aromatic nitrogens is 1. The van der Waals surface area contributed by atoms with Crippen molar-refractivity contribution in [3.63, 3.8) is 0 Å². The van der Waals surface area contributed by atoms with Crippen LogP contribution in [0.2, 0.25) is 5.15 Å². The minimum atomic E-state index is -3.49. The van der Waals surface area contributed by atoms with Crippen molar-refractivity contribution in [3.05, 3.63) is 27.5 Å². The SMILES string of the molecule is C[C@H]1CN(S(C)(=O)=O)[C@H](c2cc(Cl)nc(Br)c2)CN1C(=O)OC(C)(C)C. The van der Waals surface area contributed by atoms with Gasteiger partial charge in [-0.3, -0.25) is 0 Å². The molecule has 0 bridgehead atoms. The van der Waals surface area contributed by atoms with E-state index < -0.39 is 27.8 Å². The molecule has 2 heterocycles. The first-order valence-electron chi connectivity index (χ1n) is 8.07. The number of carbonyl (C=O) groups is 1. The maximum atomic E-state index is 12.6. The van der Waals surface area contributed by atoms with E-state index in [0.29, 0.717) is 10.2 Å². The maximum absolute atomic E-state index is 12.6. The molecule has 146 valence electrons. The van der Waals surface area contributed by atoms with E-state index in [1.54, 1.807) is 44.7 Å². The average molecular weight is 469 g/mol. The smallest absolute Gasteiger partial charge is 0.410 e. The van der Waals surface area contributed by atoms with Crippen molar-refractivity contribution in [2.45, 2.75) is 45.4 Å². The van der Waals surface area contributed by atoms with Gasteiger partial charge >= 0.3 is 6.09 Å².